The highest BCUT2D eigenvalue weighted by Crippen LogP contribution is 2.72. The molecular weight excluding hydrogens is 376 g/mol. The van der Waals surface area contributed by atoms with E-state index in [9.17, 15) is 5.11 Å². The minimum atomic E-state index is -0.130. The van der Waals surface area contributed by atoms with Crippen LogP contribution in [0.3, 0.4) is 0 Å². The highest BCUT2D eigenvalue weighted by atomic mass is 16.3. The van der Waals surface area contributed by atoms with Crippen LogP contribution in [0.4, 0.5) is 0 Å². The minimum absolute atomic E-state index is 0.0465. The van der Waals surface area contributed by atoms with Gasteiger partial charge in [0.15, 0.2) is 0 Å². The van der Waals surface area contributed by atoms with E-state index >= 15 is 0 Å². The maximum absolute atomic E-state index is 10.8. The summed E-state index contributed by atoms with van der Waals surface area (Å²) in [5, 5.41) is 10.8. The van der Waals surface area contributed by atoms with Gasteiger partial charge < -0.3 is 5.11 Å². The molecule has 1 N–H and O–H groups in total. The Hall–Kier alpha value is -0.560. The smallest absolute Gasteiger partial charge is 0.0594 e. The number of aliphatic hydroxyl groups excluding tert-OH is 1. The van der Waals surface area contributed by atoms with Crippen LogP contribution in [0.25, 0.3) is 0 Å². The summed E-state index contributed by atoms with van der Waals surface area (Å²) >= 11 is 0. The quantitative estimate of drug-likeness (QED) is 0.447. The predicted molar refractivity (Wildman–Crippen MR) is 133 cm³/mol. The first kappa shape index (κ1) is 23.6. The highest BCUT2D eigenvalue weighted by Gasteiger charge is 2.63. The Morgan fingerprint density at radius 1 is 0.968 bits per heavy atom. The number of fused-ring (bicyclic) bond motifs is 4. The second kappa shape index (κ2) is 7.75. The molecule has 0 unspecified atom stereocenters. The van der Waals surface area contributed by atoms with E-state index in [1.165, 1.54) is 63.4 Å². The Morgan fingerprint density at radius 2 is 1.68 bits per heavy atom. The molecule has 2 fully saturated rings. The molecule has 4 aliphatic rings. The molecular formula is C30H50O. The second-order valence-corrected chi connectivity index (χ2v) is 13.6. The molecule has 0 heterocycles. The van der Waals surface area contributed by atoms with Gasteiger partial charge in [-0.25, -0.2) is 0 Å². The minimum Gasteiger partial charge on any atom is -0.393 e. The zero-order valence-electron chi connectivity index (χ0n) is 21.9. The standard InChI is InChI=1S/C30H50O/c1-20(2)10-9-11-21(3)22-14-18-30(8)24-12-13-25-27(4,5)26(31)16-17-28(25,6)23(24)15-19-29(22,30)7/h10,21-22,25-26,31H,9,11-19H2,1-8H3/t21-,22-,25-,26-,28-,29-,30-/m0/s1. The average Bonchev–Trinajstić information content (AvgIpc) is 2.96. The monoisotopic (exact) mass is 426 g/mol. The molecule has 1 heteroatoms. The zero-order chi connectivity index (χ0) is 22.8. The molecule has 0 radical (unpaired) electrons. The van der Waals surface area contributed by atoms with Gasteiger partial charge in [0.1, 0.15) is 0 Å². The maximum Gasteiger partial charge on any atom is 0.0594 e. The molecule has 4 aliphatic carbocycles. The van der Waals surface area contributed by atoms with Gasteiger partial charge in [0, 0.05) is 0 Å². The van der Waals surface area contributed by atoms with Crippen LogP contribution < -0.4 is 0 Å². The van der Waals surface area contributed by atoms with Gasteiger partial charge in [-0.2, -0.15) is 0 Å². The van der Waals surface area contributed by atoms with E-state index in [-0.39, 0.29) is 11.5 Å². The van der Waals surface area contributed by atoms with Crippen molar-refractivity contribution in [3.05, 3.63) is 22.8 Å². The van der Waals surface area contributed by atoms with Gasteiger partial charge in [-0.1, -0.05) is 64.3 Å². The lowest BCUT2D eigenvalue weighted by atomic mass is 9.43. The molecule has 176 valence electrons. The lowest BCUT2D eigenvalue weighted by molar-refractivity contribution is -0.0962. The lowest BCUT2D eigenvalue weighted by Crippen LogP contribution is -2.55. The van der Waals surface area contributed by atoms with Crippen LogP contribution in [-0.2, 0) is 0 Å². The average molecular weight is 427 g/mol. The summed E-state index contributed by atoms with van der Waals surface area (Å²) in [4.78, 5) is 0. The van der Waals surface area contributed by atoms with Gasteiger partial charge >= 0.3 is 0 Å². The van der Waals surface area contributed by atoms with Crippen molar-refractivity contribution in [2.75, 3.05) is 0 Å². The van der Waals surface area contributed by atoms with Crippen molar-refractivity contribution in [3.8, 4) is 0 Å². The third-order valence-electron chi connectivity index (χ3n) is 11.7. The van der Waals surface area contributed by atoms with E-state index in [1.54, 1.807) is 0 Å². The predicted octanol–water partition coefficient (Wildman–Crippen LogP) is 8.48. The van der Waals surface area contributed by atoms with E-state index in [0.717, 1.165) is 18.3 Å². The van der Waals surface area contributed by atoms with Gasteiger partial charge in [0.25, 0.3) is 0 Å². The Kier molecular flexibility index (Phi) is 5.90. The van der Waals surface area contributed by atoms with Crippen molar-refractivity contribution in [1.82, 2.24) is 0 Å². The summed E-state index contributed by atoms with van der Waals surface area (Å²) in [6.45, 7) is 19.6. The van der Waals surface area contributed by atoms with Gasteiger partial charge in [0.05, 0.1) is 6.10 Å². The second-order valence-electron chi connectivity index (χ2n) is 13.6. The largest absolute Gasteiger partial charge is 0.393 e. The molecule has 0 aromatic heterocycles. The van der Waals surface area contributed by atoms with E-state index < -0.39 is 0 Å². The van der Waals surface area contributed by atoms with Crippen LogP contribution in [0.2, 0.25) is 0 Å². The van der Waals surface area contributed by atoms with E-state index in [4.69, 9.17) is 0 Å². The van der Waals surface area contributed by atoms with Gasteiger partial charge in [-0.05, 0) is 117 Å². The van der Waals surface area contributed by atoms with Crippen molar-refractivity contribution >= 4 is 0 Å². The van der Waals surface area contributed by atoms with Crippen molar-refractivity contribution in [2.45, 2.75) is 126 Å². The topological polar surface area (TPSA) is 20.2 Å². The van der Waals surface area contributed by atoms with Crippen LogP contribution in [0.15, 0.2) is 22.8 Å². The van der Waals surface area contributed by atoms with Gasteiger partial charge in [0.2, 0.25) is 0 Å². The summed E-state index contributed by atoms with van der Waals surface area (Å²) in [6, 6.07) is 0. The summed E-state index contributed by atoms with van der Waals surface area (Å²) in [6.07, 6.45) is 15.2. The fraction of sp³-hybridized carbons (Fsp3) is 0.867. The molecule has 1 nitrogen and oxygen atoms in total. The van der Waals surface area contributed by atoms with Crippen LogP contribution in [-0.4, -0.2) is 11.2 Å². The Bertz CT molecular complexity index is 767. The molecule has 0 aromatic rings. The Morgan fingerprint density at radius 3 is 2.35 bits per heavy atom. The van der Waals surface area contributed by atoms with Crippen LogP contribution >= 0.6 is 0 Å². The summed E-state index contributed by atoms with van der Waals surface area (Å²) in [5.74, 6) is 2.32. The SMILES string of the molecule is CC(C)=CCC[C@H](C)[C@@H]1CC[C@@]2(C)C3=C(CC[C@@]12C)[C@]1(C)CC[C@H](O)C(C)(C)[C@@H]1CC3. The van der Waals surface area contributed by atoms with Crippen LogP contribution in [0.1, 0.15) is 120 Å². The van der Waals surface area contributed by atoms with Crippen LogP contribution in [0, 0.1) is 39.4 Å². The molecule has 0 aliphatic heterocycles. The Labute approximate surface area is 193 Å². The molecule has 0 amide bonds. The van der Waals surface area contributed by atoms with E-state index in [0.29, 0.717) is 22.2 Å². The molecule has 0 bridgehead atoms. The van der Waals surface area contributed by atoms with Gasteiger partial charge in [-0.15, -0.1) is 0 Å². The van der Waals surface area contributed by atoms with Crippen molar-refractivity contribution in [3.63, 3.8) is 0 Å². The highest BCUT2D eigenvalue weighted by molar-refractivity contribution is 5.38. The molecule has 0 saturated heterocycles. The van der Waals surface area contributed by atoms with Crippen molar-refractivity contribution in [1.29, 1.82) is 0 Å². The van der Waals surface area contributed by atoms with Crippen LogP contribution in [0.5, 0.6) is 0 Å². The normalized spacial score (nSPS) is 44.9. The number of aliphatic hydroxyl groups is 1. The number of hydrogen-bond acceptors (Lipinski definition) is 1. The third kappa shape index (κ3) is 3.34. The van der Waals surface area contributed by atoms with E-state index in [1.807, 2.05) is 11.1 Å². The summed E-state index contributed by atoms with van der Waals surface area (Å²) in [5.41, 5.74) is 6.41. The summed E-state index contributed by atoms with van der Waals surface area (Å²) < 4.78 is 0. The van der Waals surface area contributed by atoms with Crippen molar-refractivity contribution in [2.24, 2.45) is 39.4 Å². The summed E-state index contributed by atoms with van der Waals surface area (Å²) in [7, 11) is 0. The first-order chi connectivity index (χ1) is 14.4. The molecule has 7 atom stereocenters. The lowest BCUT2D eigenvalue weighted by Gasteiger charge is -2.62. The van der Waals surface area contributed by atoms with E-state index in [2.05, 4.69) is 61.5 Å². The van der Waals surface area contributed by atoms with Crippen molar-refractivity contribution < 1.29 is 5.11 Å². The number of hydrogen-bond donors (Lipinski definition) is 1. The van der Waals surface area contributed by atoms with Gasteiger partial charge in [-0.3, -0.25) is 0 Å². The fourth-order valence-corrected chi connectivity index (χ4v) is 9.47. The zero-order valence-corrected chi connectivity index (χ0v) is 21.9. The first-order valence-electron chi connectivity index (χ1n) is 13.4. The molecule has 31 heavy (non-hydrogen) atoms. The fourth-order valence-electron chi connectivity index (χ4n) is 9.47. The number of allylic oxidation sites excluding steroid dienone is 4. The number of rotatable bonds is 4. The first-order valence-corrected chi connectivity index (χ1v) is 13.4. The molecule has 2 saturated carbocycles. The molecule has 0 spiro atoms. The Balaban J connectivity index is 1.65. The molecule has 0 aromatic carbocycles. The maximum atomic E-state index is 10.8. The third-order valence-corrected chi connectivity index (χ3v) is 11.7. The molecule has 4 rings (SSSR count).